The highest BCUT2D eigenvalue weighted by Gasteiger charge is 2.13. The molecule has 2 rings (SSSR count). The Morgan fingerprint density at radius 3 is 2.88 bits per heavy atom. The van der Waals surface area contributed by atoms with Crippen molar-refractivity contribution in [2.75, 3.05) is 18.4 Å². The summed E-state index contributed by atoms with van der Waals surface area (Å²) in [6.45, 7) is 1.92. The van der Waals surface area contributed by atoms with Crippen LogP contribution in [0.3, 0.4) is 0 Å². The van der Waals surface area contributed by atoms with Crippen LogP contribution in [0.25, 0.3) is 0 Å². The van der Waals surface area contributed by atoms with Crippen molar-refractivity contribution in [3.05, 3.63) is 22.5 Å². The summed E-state index contributed by atoms with van der Waals surface area (Å²) in [5.41, 5.74) is -0.0884. The molecule has 2 N–H and O–H groups in total. The molecular weight excluding hydrogens is 222 g/mol. The Kier molecular flexibility index (Phi) is 3.81. The summed E-state index contributed by atoms with van der Waals surface area (Å²) in [6, 6.07) is 0.291. The van der Waals surface area contributed by atoms with Gasteiger partial charge in [-0.2, -0.15) is 0 Å². The van der Waals surface area contributed by atoms with Gasteiger partial charge in [0, 0.05) is 12.6 Å². The molecule has 0 spiro atoms. The van der Waals surface area contributed by atoms with E-state index in [1.54, 1.807) is 0 Å². The first-order valence-electron chi connectivity index (χ1n) is 5.69. The molecule has 1 aromatic heterocycles. The molecule has 2 heterocycles. The summed E-state index contributed by atoms with van der Waals surface area (Å²) >= 11 is 0. The van der Waals surface area contributed by atoms with Crippen LogP contribution in [0.1, 0.15) is 19.3 Å². The van der Waals surface area contributed by atoms with E-state index in [0.29, 0.717) is 12.0 Å². The van der Waals surface area contributed by atoms with Gasteiger partial charge in [-0.1, -0.05) is 6.42 Å². The molecular formula is C10H15N5O2. The number of nitrogens with one attached hydrogen (secondary N) is 2. The molecule has 7 nitrogen and oxygen atoms in total. The molecule has 1 saturated heterocycles. The molecule has 0 amide bonds. The lowest BCUT2D eigenvalue weighted by Gasteiger charge is -2.15. The summed E-state index contributed by atoms with van der Waals surface area (Å²) in [5.74, 6) is 0.448. The first-order valence-corrected chi connectivity index (χ1v) is 5.69. The molecule has 0 aliphatic carbocycles. The maximum Gasteiger partial charge on any atom is 0.305 e. The van der Waals surface area contributed by atoms with Gasteiger partial charge in [0.15, 0.2) is 0 Å². The van der Waals surface area contributed by atoms with Crippen LogP contribution in [0.5, 0.6) is 0 Å². The van der Waals surface area contributed by atoms with E-state index in [1.807, 2.05) is 0 Å². The van der Waals surface area contributed by atoms with Crippen LogP contribution in [0.4, 0.5) is 11.6 Å². The normalized spacial score (nSPS) is 20.6. The highest BCUT2D eigenvalue weighted by molar-refractivity contribution is 5.31. The van der Waals surface area contributed by atoms with E-state index in [1.165, 1.54) is 18.8 Å². The minimum atomic E-state index is -0.503. The minimum Gasteiger partial charge on any atom is -0.350 e. The number of anilines is 1. The average molecular weight is 237 g/mol. The van der Waals surface area contributed by atoms with E-state index in [2.05, 4.69) is 20.6 Å². The SMILES string of the molecule is O=[N+]([O-])c1cnc(NC2CCCCNC2)nc1. The maximum atomic E-state index is 10.4. The van der Waals surface area contributed by atoms with Crippen LogP contribution in [-0.4, -0.2) is 34.0 Å². The average Bonchev–Trinajstić information content (AvgIpc) is 2.58. The summed E-state index contributed by atoms with van der Waals surface area (Å²) in [6.07, 6.45) is 5.85. The Morgan fingerprint density at radius 1 is 1.41 bits per heavy atom. The highest BCUT2D eigenvalue weighted by atomic mass is 16.6. The predicted octanol–water partition coefficient (Wildman–Crippen LogP) is 0.939. The molecule has 7 heteroatoms. The number of hydrogen-bond acceptors (Lipinski definition) is 6. The monoisotopic (exact) mass is 237 g/mol. The number of nitrogens with zero attached hydrogens (tertiary/aromatic N) is 3. The topological polar surface area (TPSA) is 93.0 Å². The maximum absolute atomic E-state index is 10.4. The second-order valence-corrected chi connectivity index (χ2v) is 4.06. The van der Waals surface area contributed by atoms with Crippen LogP contribution in [0.15, 0.2) is 12.4 Å². The highest BCUT2D eigenvalue weighted by Crippen LogP contribution is 2.11. The van der Waals surface area contributed by atoms with E-state index < -0.39 is 4.92 Å². The second kappa shape index (κ2) is 5.53. The van der Waals surface area contributed by atoms with Crippen molar-refractivity contribution in [3.8, 4) is 0 Å². The van der Waals surface area contributed by atoms with Crippen LogP contribution in [0, 0.1) is 10.1 Å². The Morgan fingerprint density at radius 2 is 2.18 bits per heavy atom. The molecule has 1 aliphatic heterocycles. The van der Waals surface area contributed by atoms with Crippen molar-refractivity contribution < 1.29 is 4.92 Å². The van der Waals surface area contributed by atoms with Crippen molar-refractivity contribution in [1.82, 2.24) is 15.3 Å². The van der Waals surface area contributed by atoms with Gasteiger partial charge in [0.25, 0.3) is 0 Å². The number of nitro groups is 1. The first kappa shape index (κ1) is 11.7. The fourth-order valence-electron chi connectivity index (χ4n) is 1.81. The van der Waals surface area contributed by atoms with Crippen LogP contribution >= 0.6 is 0 Å². The lowest BCUT2D eigenvalue weighted by Crippen LogP contribution is -2.31. The van der Waals surface area contributed by atoms with Crippen molar-refractivity contribution >= 4 is 11.6 Å². The Balaban J connectivity index is 1.95. The van der Waals surface area contributed by atoms with Crippen LogP contribution in [0.2, 0.25) is 0 Å². The van der Waals surface area contributed by atoms with E-state index in [-0.39, 0.29) is 5.69 Å². The predicted molar refractivity (Wildman–Crippen MR) is 62.8 cm³/mol. The Hall–Kier alpha value is -1.76. The van der Waals surface area contributed by atoms with Gasteiger partial charge in [-0.3, -0.25) is 10.1 Å². The lowest BCUT2D eigenvalue weighted by molar-refractivity contribution is -0.385. The van der Waals surface area contributed by atoms with Gasteiger partial charge in [-0.05, 0) is 19.4 Å². The second-order valence-electron chi connectivity index (χ2n) is 4.06. The summed E-state index contributed by atoms with van der Waals surface area (Å²) in [7, 11) is 0. The van der Waals surface area contributed by atoms with Gasteiger partial charge >= 0.3 is 5.69 Å². The molecule has 17 heavy (non-hydrogen) atoms. The van der Waals surface area contributed by atoms with Crippen molar-refractivity contribution in [1.29, 1.82) is 0 Å². The standard InChI is InChI=1S/C10H15N5O2/c16-15(17)9-6-12-10(13-7-9)14-8-3-1-2-4-11-5-8/h6-8,11H,1-5H2,(H,12,13,14). The molecule has 1 unspecified atom stereocenters. The fourth-order valence-corrected chi connectivity index (χ4v) is 1.81. The summed E-state index contributed by atoms with van der Waals surface area (Å²) < 4.78 is 0. The van der Waals surface area contributed by atoms with Gasteiger partial charge in [-0.25, -0.2) is 9.97 Å². The van der Waals surface area contributed by atoms with Gasteiger partial charge in [0.1, 0.15) is 12.4 Å². The lowest BCUT2D eigenvalue weighted by atomic mass is 10.1. The van der Waals surface area contributed by atoms with Gasteiger partial charge in [0.05, 0.1) is 4.92 Å². The molecule has 92 valence electrons. The van der Waals surface area contributed by atoms with Crippen molar-refractivity contribution in [2.45, 2.75) is 25.3 Å². The molecule has 1 aliphatic rings. The largest absolute Gasteiger partial charge is 0.350 e. The van der Waals surface area contributed by atoms with Crippen molar-refractivity contribution in [2.24, 2.45) is 0 Å². The zero-order valence-corrected chi connectivity index (χ0v) is 9.43. The molecule has 0 aromatic carbocycles. The molecule has 1 atom stereocenters. The van der Waals surface area contributed by atoms with Gasteiger partial charge in [-0.15, -0.1) is 0 Å². The Labute approximate surface area is 98.8 Å². The van der Waals surface area contributed by atoms with Crippen LogP contribution in [-0.2, 0) is 0 Å². The number of aromatic nitrogens is 2. The zero-order valence-electron chi connectivity index (χ0n) is 9.43. The quantitative estimate of drug-likeness (QED) is 0.600. The Bertz CT molecular complexity index is 373. The third kappa shape index (κ3) is 3.35. The zero-order chi connectivity index (χ0) is 12.1. The van der Waals surface area contributed by atoms with E-state index in [0.717, 1.165) is 25.9 Å². The van der Waals surface area contributed by atoms with E-state index in [4.69, 9.17) is 0 Å². The summed E-state index contributed by atoms with van der Waals surface area (Å²) in [5, 5.41) is 16.9. The molecule has 0 radical (unpaired) electrons. The number of rotatable bonds is 3. The van der Waals surface area contributed by atoms with Crippen molar-refractivity contribution in [3.63, 3.8) is 0 Å². The third-order valence-electron chi connectivity index (χ3n) is 2.73. The van der Waals surface area contributed by atoms with Crippen LogP contribution < -0.4 is 10.6 Å². The molecule has 0 bridgehead atoms. The molecule has 0 saturated carbocycles. The molecule has 1 aromatic rings. The van der Waals surface area contributed by atoms with E-state index >= 15 is 0 Å². The minimum absolute atomic E-state index is 0.0884. The van der Waals surface area contributed by atoms with Gasteiger partial charge in [0.2, 0.25) is 5.95 Å². The van der Waals surface area contributed by atoms with Gasteiger partial charge < -0.3 is 10.6 Å². The van der Waals surface area contributed by atoms with E-state index in [9.17, 15) is 10.1 Å². The summed E-state index contributed by atoms with van der Waals surface area (Å²) in [4.78, 5) is 17.8. The third-order valence-corrected chi connectivity index (χ3v) is 2.73. The fraction of sp³-hybridized carbons (Fsp3) is 0.600. The molecule has 1 fully saturated rings. The number of hydrogen-bond donors (Lipinski definition) is 2. The smallest absolute Gasteiger partial charge is 0.305 e. The first-order chi connectivity index (χ1) is 8.25.